The first-order chi connectivity index (χ1) is 8.63. The van der Waals surface area contributed by atoms with Crippen molar-refractivity contribution in [1.29, 1.82) is 0 Å². The van der Waals surface area contributed by atoms with Gasteiger partial charge in [-0.2, -0.15) is 0 Å². The molecule has 0 saturated carbocycles. The average Bonchev–Trinajstić information content (AvgIpc) is 2.65. The first-order valence-corrected chi connectivity index (χ1v) is 6.78. The van der Waals surface area contributed by atoms with Gasteiger partial charge in [-0.3, -0.25) is 0 Å². The van der Waals surface area contributed by atoms with E-state index in [9.17, 15) is 0 Å². The first kappa shape index (κ1) is 13.1. The minimum absolute atomic E-state index is 0.492. The second-order valence-corrected chi connectivity index (χ2v) is 5.17. The van der Waals surface area contributed by atoms with Gasteiger partial charge < -0.3 is 9.88 Å². The zero-order chi connectivity index (χ0) is 13.1. The molecule has 0 spiro atoms. The topological polar surface area (TPSA) is 29.9 Å². The van der Waals surface area contributed by atoms with Gasteiger partial charge in [-0.15, -0.1) is 0 Å². The third-order valence-corrected chi connectivity index (χ3v) is 3.50. The van der Waals surface area contributed by atoms with Crippen LogP contribution in [-0.2, 0) is 6.54 Å². The maximum atomic E-state index is 4.62. The van der Waals surface area contributed by atoms with E-state index in [0.29, 0.717) is 12.0 Å². The van der Waals surface area contributed by atoms with Crippen molar-refractivity contribution in [3.63, 3.8) is 0 Å². The Morgan fingerprint density at radius 1 is 1.28 bits per heavy atom. The van der Waals surface area contributed by atoms with Gasteiger partial charge in [-0.1, -0.05) is 32.9 Å². The van der Waals surface area contributed by atoms with Gasteiger partial charge in [0.05, 0.1) is 11.0 Å². The maximum absolute atomic E-state index is 4.62. The van der Waals surface area contributed by atoms with Crippen molar-refractivity contribution in [2.75, 3.05) is 6.54 Å². The van der Waals surface area contributed by atoms with Crippen LogP contribution in [-0.4, -0.2) is 22.1 Å². The van der Waals surface area contributed by atoms with E-state index in [1.165, 1.54) is 5.52 Å². The molecule has 2 rings (SSSR count). The summed E-state index contributed by atoms with van der Waals surface area (Å²) in [4.78, 5) is 4.62. The molecule has 0 amide bonds. The summed E-state index contributed by atoms with van der Waals surface area (Å²) in [5.74, 6) is 1.71. The molecule has 1 heterocycles. The van der Waals surface area contributed by atoms with Crippen molar-refractivity contribution >= 4 is 11.0 Å². The number of aryl methyl sites for hydroxylation is 1. The molecule has 0 saturated heterocycles. The largest absolute Gasteiger partial charge is 0.327 e. The molecule has 0 fully saturated rings. The first-order valence-electron chi connectivity index (χ1n) is 6.78. The Labute approximate surface area is 109 Å². The Hall–Kier alpha value is -1.35. The number of rotatable bonds is 5. The lowest BCUT2D eigenvalue weighted by atomic mass is 10.0. The number of likely N-dealkylation sites (N-methyl/N-ethyl adjacent to an activating group) is 1. The van der Waals surface area contributed by atoms with E-state index in [2.05, 4.69) is 60.8 Å². The number of fused-ring (bicyclic) bond motifs is 1. The Balaban J connectivity index is 2.32. The molecule has 1 aromatic carbocycles. The van der Waals surface area contributed by atoms with Gasteiger partial charge in [0.25, 0.3) is 0 Å². The van der Waals surface area contributed by atoms with Gasteiger partial charge in [-0.05, 0) is 31.5 Å². The van der Waals surface area contributed by atoms with E-state index >= 15 is 0 Å². The number of para-hydroxylation sites is 2. The van der Waals surface area contributed by atoms with Crippen LogP contribution in [0.3, 0.4) is 0 Å². The summed E-state index contributed by atoms with van der Waals surface area (Å²) < 4.78 is 2.32. The molecule has 1 aromatic heterocycles. The molecule has 0 aliphatic rings. The van der Waals surface area contributed by atoms with Gasteiger partial charge in [0, 0.05) is 12.6 Å². The van der Waals surface area contributed by atoms with Gasteiger partial charge in [0.1, 0.15) is 5.82 Å². The van der Waals surface area contributed by atoms with Crippen LogP contribution in [0.2, 0.25) is 0 Å². The second-order valence-electron chi connectivity index (χ2n) is 5.17. The Bertz CT molecular complexity index is 513. The van der Waals surface area contributed by atoms with Crippen LogP contribution >= 0.6 is 0 Å². The molecule has 98 valence electrons. The lowest BCUT2D eigenvalue weighted by Crippen LogP contribution is -2.37. The molecule has 3 nitrogen and oxygen atoms in total. The van der Waals surface area contributed by atoms with Gasteiger partial charge >= 0.3 is 0 Å². The van der Waals surface area contributed by atoms with Crippen molar-refractivity contribution in [3.05, 3.63) is 30.1 Å². The Morgan fingerprint density at radius 2 is 2.00 bits per heavy atom. The maximum Gasteiger partial charge on any atom is 0.106 e. The Morgan fingerprint density at radius 3 is 2.67 bits per heavy atom. The van der Waals surface area contributed by atoms with Crippen molar-refractivity contribution in [1.82, 2.24) is 14.9 Å². The van der Waals surface area contributed by atoms with E-state index in [4.69, 9.17) is 0 Å². The second kappa shape index (κ2) is 5.53. The summed E-state index contributed by atoms with van der Waals surface area (Å²) in [7, 11) is 0. The predicted octanol–water partition coefficient (Wildman–Crippen LogP) is 2.98. The van der Waals surface area contributed by atoms with Crippen LogP contribution in [0.5, 0.6) is 0 Å². The SMILES string of the molecule is CCNC(Cn1c(C)nc2ccccc21)C(C)C. The molecule has 3 heteroatoms. The van der Waals surface area contributed by atoms with Crippen LogP contribution in [0, 0.1) is 12.8 Å². The molecule has 1 unspecified atom stereocenters. The summed E-state index contributed by atoms with van der Waals surface area (Å²) >= 11 is 0. The minimum Gasteiger partial charge on any atom is -0.327 e. The summed E-state index contributed by atoms with van der Waals surface area (Å²) in [5, 5.41) is 3.56. The molecule has 2 aromatic rings. The lowest BCUT2D eigenvalue weighted by Gasteiger charge is -2.23. The number of hydrogen-bond acceptors (Lipinski definition) is 2. The smallest absolute Gasteiger partial charge is 0.106 e. The molecular formula is C15H23N3. The fourth-order valence-corrected chi connectivity index (χ4v) is 2.40. The summed E-state index contributed by atoms with van der Waals surface area (Å²) in [5.41, 5.74) is 2.33. The van der Waals surface area contributed by atoms with Crippen molar-refractivity contribution in [2.24, 2.45) is 5.92 Å². The molecular weight excluding hydrogens is 222 g/mol. The van der Waals surface area contributed by atoms with Gasteiger partial charge in [0.15, 0.2) is 0 Å². The fourth-order valence-electron chi connectivity index (χ4n) is 2.40. The predicted molar refractivity (Wildman–Crippen MR) is 76.8 cm³/mol. The van der Waals surface area contributed by atoms with Crippen molar-refractivity contribution in [2.45, 2.75) is 40.3 Å². The number of imidazole rings is 1. The highest BCUT2D eigenvalue weighted by molar-refractivity contribution is 5.75. The molecule has 1 atom stereocenters. The van der Waals surface area contributed by atoms with E-state index in [1.807, 2.05) is 6.07 Å². The van der Waals surface area contributed by atoms with E-state index in [-0.39, 0.29) is 0 Å². The summed E-state index contributed by atoms with van der Waals surface area (Å²) in [6, 6.07) is 8.85. The quantitative estimate of drug-likeness (QED) is 0.877. The fraction of sp³-hybridized carbons (Fsp3) is 0.533. The third-order valence-electron chi connectivity index (χ3n) is 3.50. The standard InChI is InChI=1S/C15H23N3/c1-5-16-14(11(2)3)10-18-12(4)17-13-8-6-7-9-15(13)18/h6-9,11,14,16H,5,10H2,1-4H3. The molecule has 0 radical (unpaired) electrons. The number of hydrogen-bond donors (Lipinski definition) is 1. The molecule has 0 bridgehead atoms. The van der Waals surface area contributed by atoms with E-state index < -0.39 is 0 Å². The van der Waals surface area contributed by atoms with Crippen molar-refractivity contribution in [3.8, 4) is 0 Å². The molecule has 0 aliphatic heterocycles. The number of nitrogens with one attached hydrogen (secondary N) is 1. The zero-order valence-corrected chi connectivity index (χ0v) is 11.8. The van der Waals surface area contributed by atoms with Crippen LogP contribution in [0.25, 0.3) is 11.0 Å². The zero-order valence-electron chi connectivity index (χ0n) is 11.8. The van der Waals surface area contributed by atoms with Crippen molar-refractivity contribution < 1.29 is 0 Å². The minimum atomic E-state index is 0.492. The number of aromatic nitrogens is 2. The highest BCUT2D eigenvalue weighted by Crippen LogP contribution is 2.17. The molecule has 18 heavy (non-hydrogen) atoms. The molecule has 0 aliphatic carbocycles. The summed E-state index contributed by atoms with van der Waals surface area (Å²) in [6.07, 6.45) is 0. The highest BCUT2D eigenvalue weighted by Gasteiger charge is 2.15. The normalized spacial score (nSPS) is 13.4. The van der Waals surface area contributed by atoms with Gasteiger partial charge in [0.2, 0.25) is 0 Å². The number of benzene rings is 1. The Kier molecular flexibility index (Phi) is 4.02. The van der Waals surface area contributed by atoms with Crippen LogP contribution in [0.1, 0.15) is 26.6 Å². The van der Waals surface area contributed by atoms with Gasteiger partial charge in [-0.25, -0.2) is 4.98 Å². The lowest BCUT2D eigenvalue weighted by molar-refractivity contribution is 0.363. The van der Waals surface area contributed by atoms with Crippen LogP contribution < -0.4 is 5.32 Å². The van der Waals surface area contributed by atoms with Crippen LogP contribution in [0.15, 0.2) is 24.3 Å². The van der Waals surface area contributed by atoms with E-state index in [0.717, 1.165) is 24.4 Å². The summed E-state index contributed by atoms with van der Waals surface area (Å²) in [6.45, 7) is 10.8. The monoisotopic (exact) mass is 245 g/mol. The average molecular weight is 245 g/mol. The van der Waals surface area contributed by atoms with Crippen LogP contribution in [0.4, 0.5) is 0 Å². The number of nitrogens with zero attached hydrogens (tertiary/aromatic N) is 2. The van der Waals surface area contributed by atoms with E-state index in [1.54, 1.807) is 0 Å². The third kappa shape index (κ3) is 2.56. The molecule has 1 N–H and O–H groups in total. The highest BCUT2D eigenvalue weighted by atomic mass is 15.1.